The number of hydrogen-bond donors (Lipinski definition) is 3. The fourth-order valence-electron chi connectivity index (χ4n) is 4.85. The minimum Gasteiger partial charge on any atom is -0.462 e. The van der Waals surface area contributed by atoms with Gasteiger partial charge in [0.25, 0.3) is 6.02 Å². The van der Waals surface area contributed by atoms with Gasteiger partial charge < -0.3 is 35.2 Å². The van der Waals surface area contributed by atoms with Crippen LogP contribution in [-0.2, 0) is 19.1 Å². The fraction of sp³-hybridized carbons (Fsp3) is 0.593. The number of rotatable bonds is 8. The van der Waals surface area contributed by atoms with Crippen LogP contribution in [0.1, 0.15) is 45.6 Å². The van der Waals surface area contributed by atoms with E-state index >= 15 is 0 Å². The number of halogens is 1. The summed E-state index contributed by atoms with van der Waals surface area (Å²) >= 11 is 6.51. The van der Waals surface area contributed by atoms with E-state index in [1.165, 1.54) is 12.6 Å². The van der Waals surface area contributed by atoms with E-state index in [1.54, 1.807) is 0 Å². The summed E-state index contributed by atoms with van der Waals surface area (Å²) in [7, 11) is 0. The number of allylic oxidation sites excluding steroid dienone is 1. The van der Waals surface area contributed by atoms with Crippen molar-refractivity contribution in [3.8, 4) is 0 Å². The van der Waals surface area contributed by atoms with E-state index < -0.39 is 0 Å². The van der Waals surface area contributed by atoms with Crippen LogP contribution in [0.25, 0.3) is 5.70 Å². The van der Waals surface area contributed by atoms with Crippen molar-refractivity contribution in [3.63, 3.8) is 0 Å². The first-order valence-electron chi connectivity index (χ1n) is 13.4. The first kappa shape index (κ1) is 28.0. The molecule has 1 aromatic rings. The highest BCUT2D eigenvalue weighted by atomic mass is 35.5. The normalized spacial score (nSPS) is 22.8. The van der Waals surface area contributed by atoms with Crippen molar-refractivity contribution in [1.29, 1.82) is 0 Å². The third-order valence-electron chi connectivity index (χ3n) is 7.04. The van der Waals surface area contributed by atoms with E-state index in [-0.39, 0.29) is 30.1 Å². The number of nitrogens with zero attached hydrogens (tertiary/aromatic N) is 3. The molecular formula is C27H39ClN6O4. The number of amidine groups is 1. The molecule has 10 nitrogen and oxygen atoms in total. The maximum absolute atomic E-state index is 12.4. The minimum atomic E-state index is -0.233. The molecule has 4 rings (SSSR count). The number of carbonyl (C=O) groups excluding carboxylic acids is 2. The van der Waals surface area contributed by atoms with Crippen LogP contribution in [0.5, 0.6) is 0 Å². The van der Waals surface area contributed by atoms with Gasteiger partial charge in [0.15, 0.2) is 0 Å². The predicted molar refractivity (Wildman–Crippen MR) is 149 cm³/mol. The molecule has 38 heavy (non-hydrogen) atoms. The lowest BCUT2D eigenvalue weighted by atomic mass is 10.1. The Morgan fingerprint density at radius 2 is 1.82 bits per heavy atom. The summed E-state index contributed by atoms with van der Waals surface area (Å²) in [5.74, 6) is -0.0672. The molecule has 0 radical (unpaired) electrons. The number of hydrogen-bond acceptors (Lipinski definition) is 8. The average molecular weight is 547 g/mol. The summed E-state index contributed by atoms with van der Waals surface area (Å²) < 4.78 is 11.6. The first-order valence-corrected chi connectivity index (χ1v) is 13.8. The third-order valence-corrected chi connectivity index (χ3v) is 7.22. The van der Waals surface area contributed by atoms with Crippen LogP contribution in [0.4, 0.5) is 5.69 Å². The maximum atomic E-state index is 12.4. The number of anilines is 1. The summed E-state index contributed by atoms with van der Waals surface area (Å²) in [6.07, 6.45) is 1.55. The van der Waals surface area contributed by atoms with E-state index in [2.05, 4.69) is 52.0 Å². The molecule has 2 unspecified atom stereocenters. The van der Waals surface area contributed by atoms with Crippen LogP contribution in [0.15, 0.2) is 34.3 Å². The van der Waals surface area contributed by atoms with Gasteiger partial charge in [-0.2, -0.15) is 0 Å². The average Bonchev–Trinajstić information content (AvgIpc) is 3.26. The number of morpholine rings is 1. The first-order chi connectivity index (χ1) is 18.3. The molecule has 0 spiro atoms. The number of carbonyl (C=O) groups is 2. The molecule has 2 amide bonds. The molecule has 2 atom stereocenters. The van der Waals surface area contributed by atoms with Crippen LogP contribution in [0, 0.1) is 0 Å². The lowest BCUT2D eigenvalue weighted by Gasteiger charge is -2.32. The number of benzene rings is 1. The summed E-state index contributed by atoms with van der Waals surface area (Å²) in [4.78, 5) is 32.3. The molecular weight excluding hydrogens is 508 g/mol. The van der Waals surface area contributed by atoms with E-state index in [4.69, 9.17) is 26.1 Å². The molecule has 3 aliphatic heterocycles. The second-order valence-electron chi connectivity index (χ2n) is 9.94. The van der Waals surface area contributed by atoms with Crippen LogP contribution in [0.3, 0.4) is 0 Å². The Bertz CT molecular complexity index is 1030. The van der Waals surface area contributed by atoms with E-state index in [0.29, 0.717) is 37.1 Å². The fourth-order valence-corrected chi connectivity index (χ4v) is 5.01. The van der Waals surface area contributed by atoms with E-state index in [0.717, 1.165) is 50.4 Å². The van der Waals surface area contributed by atoms with Crippen molar-refractivity contribution >= 4 is 40.8 Å². The topological polar surface area (TPSA) is 108 Å². The van der Waals surface area contributed by atoms with E-state index in [1.807, 2.05) is 11.8 Å². The van der Waals surface area contributed by atoms with Gasteiger partial charge >= 0.3 is 0 Å². The highest BCUT2D eigenvalue weighted by molar-refractivity contribution is 6.32. The number of amides is 2. The van der Waals surface area contributed by atoms with Crippen LogP contribution >= 0.6 is 11.6 Å². The molecule has 2 fully saturated rings. The zero-order valence-electron chi connectivity index (χ0n) is 22.5. The molecule has 3 aliphatic rings. The molecule has 1 aromatic carbocycles. The van der Waals surface area contributed by atoms with Crippen molar-refractivity contribution in [2.45, 2.75) is 58.3 Å². The Morgan fingerprint density at radius 3 is 2.45 bits per heavy atom. The van der Waals surface area contributed by atoms with Crippen molar-refractivity contribution in [1.82, 2.24) is 20.9 Å². The van der Waals surface area contributed by atoms with Crippen LogP contribution in [0.2, 0.25) is 0 Å². The molecule has 0 saturated carbocycles. The Balaban J connectivity index is 1.29. The second kappa shape index (κ2) is 13.2. The number of ether oxygens (including phenoxy) is 2. The second-order valence-corrected chi connectivity index (χ2v) is 10.5. The molecule has 0 aliphatic carbocycles. The standard InChI is InChI=1S/C27H39ClN6O4/c1-18(28)25(21-4-6-22(7-5-21)33-14-16-37-17-15-33)31-26-19(2)30-27(32-26)38-23-9-12-34(13-10-23)24(36)8-11-29-20(3)35/h4-7,19,23,26,31H,8-17H2,1-3H3,(H,29,35)(H,30,32)/b25-18+. The SMILES string of the molecule is CC(=O)NCCC(=O)N1CCC(OC2=NC(N/C(=C(\C)Cl)c3ccc(N4CCOCC4)cc3)C(C)N2)CC1. The smallest absolute Gasteiger partial charge is 0.287 e. The van der Waals surface area contributed by atoms with Crippen LogP contribution < -0.4 is 20.9 Å². The summed E-state index contributed by atoms with van der Waals surface area (Å²) in [6.45, 7) is 10.3. The Hall–Kier alpha value is -2.98. The predicted octanol–water partition coefficient (Wildman–Crippen LogP) is 2.25. The highest BCUT2D eigenvalue weighted by Crippen LogP contribution is 2.25. The molecule has 0 aromatic heterocycles. The zero-order chi connectivity index (χ0) is 27.1. The van der Waals surface area contributed by atoms with Gasteiger partial charge in [0, 0.05) is 69.6 Å². The monoisotopic (exact) mass is 546 g/mol. The van der Waals surface area contributed by atoms with Crippen molar-refractivity contribution in [2.24, 2.45) is 4.99 Å². The highest BCUT2D eigenvalue weighted by Gasteiger charge is 2.30. The Morgan fingerprint density at radius 1 is 1.13 bits per heavy atom. The van der Waals surface area contributed by atoms with Gasteiger partial charge in [-0.15, -0.1) is 0 Å². The quantitative estimate of drug-likeness (QED) is 0.459. The van der Waals surface area contributed by atoms with Gasteiger partial charge in [0.2, 0.25) is 11.8 Å². The number of aliphatic imine (C=N–C) groups is 1. The third kappa shape index (κ3) is 7.54. The lowest BCUT2D eigenvalue weighted by molar-refractivity contribution is -0.133. The van der Waals surface area contributed by atoms with Crippen molar-refractivity contribution in [3.05, 3.63) is 34.9 Å². The summed E-state index contributed by atoms with van der Waals surface area (Å²) in [6, 6.07) is 8.93. The molecule has 208 valence electrons. The summed E-state index contributed by atoms with van der Waals surface area (Å²) in [5, 5.41) is 10.2. The maximum Gasteiger partial charge on any atom is 0.287 e. The van der Waals surface area contributed by atoms with Gasteiger partial charge in [-0.05, 0) is 31.5 Å². The summed E-state index contributed by atoms with van der Waals surface area (Å²) in [5.41, 5.74) is 3.02. The van der Waals surface area contributed by atoms with Gasteiger partial charge in [0.1, 0.15) is 12.3 Å². The number of nitrogens with one attached hydrogen (secondary N) is 3. The Kier molecular flexibility index (Phi) is 9.74. The van der Waals surface area contributed by atoms with Gasteiger partial charge in [0.05, 0.1) is 25.0 Å². The molecule has 2 saturated heterocycles. The van der Waals surface area contributed by atoms with Gasteiger partial charge in [-0.25, -0.2) is 4.99 Å². The molecule has 0 bridgehead atoms. The van der Waals surface area contributed by atoms with Crippen molar-refractivity contribution < 1.29 is 19.1 Å². The molecule has 3 heterocycles. The van der Waals surface area contributed by atoms with Gasteiger partial charge in [-0.1, -0.05) is 23.7 Å². The number of likely N-dealkylation sites (tertiary alicyclic amines) is 1. The minimum absolute atomic E-state index is 0.0101. The lowest BCUT2D eigenvalue weighted by Crippen LogP contribution is -2.44. The van der Waals surface area contributed by atoms with Gasteiger partial charge in [-0.3, -0.25) is 9.59 Å². The van der Waals surface area contributed by atoms with Crippen LogP contribution in [-0.4, -0.2) is 87.0 Å². The van der Waals surface area contributed by atoms with Crippen molar-refractivity contribution in [2.75, 3.05) is 50.8 Å². The number of piperidine rings is 1. The molecule has 11 heteroatoms. The van der Waals surface area contributed by atoms with E-state index in [9.17, 15) is 9.59 Å². The largest absolute Gasteiger partial charge is 0.462 e. The Labute approximate surface area is 229 Å². The zero-order valence-corrected chi connectivity index (χ0v) is 23.2. The molecule has 3 N–H and O–H groups in total.